The Morgan fingerprint density at radius 1 is 1.39 bits per heavy atom. The molecule has 0 unspecified atom stereocenters. The Bertz CT molecular complexity index is 785. The summed E-state index contributed by atoms with van der Waals surface area (Å²) in [6.07, 6.45) is 1.27. The molecule has 0 aliphatic carbocycles. The number of nitrogens with zero attached hydrogens (tertiary/aromatic N) is 3. The molecule has 10 heteroatoms. The van der Waals surface area contributed by atoms with Gasteiger partial charge in [0.25, 0.3) is 0 Å². The molecule has 2 rings (SSSR count). The summed E-state index contributed by atoms with van der Waals surface area (Å²) < 4.78 is 29.8. The highest BCUT2D eigenvalue weighted by Crippen LogP contribution is 2.19. The zero-order chi connectivity index (χ0) is 17.0. The number of carbonyl (C=O) groups excluding carboxylic acids is 1. The van der Waals surface area contributed by atoms with Crippen LogP contribution < -0.4 is 5.32 Å². The van der Waals surface area contributed by atoms with E-state index in [-0.39, 0.29) is 16.6 Å². The molecule has 0 radical (unpaired) electrons. The number of hydrogen-bond acceptors (Lipinski definition) is 7. The third-order valence-corrected chi connectivity index (χ3v) is 5.48. The van der Waals surface area contributed by atoms with Crippen molar-refractivity contribution in [2.24, 2.45) is 0 Å². The molecule has 0 aromatic carbocycles. The first-order valence-electron chi connectivity index (χ1n) is 6.53. The highest BCUT2D eigenvalue weighted by molar-refractivity contribution is 7.99. The van der Waals surface area contributed by atoms with Crippen LogP contribution >= 0.6 is 11.8 Å². The Morgan fingerprint density at radius 2 is 2.13 bits per heavy atom. The zero-order valence-corrected chi connectivity index (χ0v) is 14.4. The summed E-state index contributed by atoms with van der Waals surface area (Å²) >= 11 is 1.19. The SMILES string of the molecule is Cc1cc(NC(=O)CSc2ccc(S(=O)(=O)N(C)C)cn2)no1. The van der Waals surface area contributed by atoms with E-state index in [1.807, 2.05) is 0 Å². The normalized spacial score (nSPS) is 11.7. The summed E-state index contributed by atoms with van der Waals surface area (Å²) in [5.74, 6) is 0.828. The smallest absolute Gasteiger partial charge is 0.244 e. The van der Waals surface area contributed by atoms with Crippen LogP contribution in [-0.2, 0) is 14.8 Å². The van der Waals surface area contributed by atoms with Gasteiger partial charge in [-0.25, -0.2) is 17.7 Å². The van der Waals surface area contributed by atoms with Crippen LogP contribution in [0.2, 0.25) is 0 Å². The maximum atomic E-state index is 11.9. The molecule has 0 aliphatic rings. The number of aryl methyl sites for hydroxylation is 1. The fraction of sp³-hybridized carbons (Fsp3) is 0.308. The van der Waals surface area contributed by atoms with Crippen molar-refractivity contribution in [2.45, 2.75) is 16.8 Å². The second-order valence-corrected chi connectivity index (χ2v) is 7.93. The molecule has 0 spiro atoms. The van der Waals surface area contributed by atoms with Gasteiger partial charge in [-0.05, 0) is 19.1 Å². The third kappa shape index (κ3) is 4.53. The van der Waals surface area contributed by atoms with E-state index < -0.39 is 10.0 Å². The predicted molar refractivity (Wildman–Crippen MR) is 85.7 cm³/mol. The van der Waals surface area contributed by atoms with Gasteiger partial charge < -0.3 is 9.84 Å². The first-order chi connectivity index (χ1) is 10.8. The maximum absolute atomic E-state index is 11.9. The topological polar surface area (TPSA) is 105 Å². The van der Waals surface area contributed by atoms with Crippen molar-refractivity contribution in [2.75, 3.05) is 25.2 Å². The van der Waals surface area contributed by atoms with Crippen LogP contribution in [0.25, 0.3) is 0 Å². The monoisotopic (exact) mass is 356 g/mol. The van der Waals surface area contributed by atoms with Gasteiger partial charge in [0.1, 0.15) is 10.7 Å². The molecule has 8 nitrogen and oxygen atoms in total. The van der Waals surface area contributed by atoms with E-state index in [9.17, 15) is 13.2 Å². The van der Waals surface area contributed by atoms with E-state index in [0.717, 1.165) is 4.31 Å². The van der Waals surface area contributed by atoms with Gasteiger partial charge in [-0.3, -0.25) is 4.79 Å². The van der Waals surface area contributed by atoms with Gasteiger partial charge in [-0.1, -0.05) is 16.9 Å². The Morgan fingerprint density at radius 3 is 2.65 bits per heavy atom. The third-order valence-electron chi connectivity index (χ3n) is 2.73. The molecule has 2 aromatic heterocycles. The average molecular weight is 356 g/mol. The molecule has 0 saturated carbocycles. The lowest BCUT2D eigenvalue weighted by molar-refractivity contribution is -0.113. The van der Waals surface area contributed by atoms with Crippen molar-refractivity contribution in [3.05, 3.63) is 30.2 Å². The minimum absolute atomic E-state index is 0.106. The molecule has 2 heterocycles. The molecule has 1 N–H and O–H groups in total. The molecule has 124 valence electrons. The standard InChI is InChI=1S/C13H16N4O4S2/c1-9-6-11(16-21-9)15-12(18)8-22-13-5-4-10(7-14-13)23(19,20)17(2)3/h4-7H,8H2,1-3H3,(H,15,16,18). The summed E-state index contributed by atoms with van der Waals surface area (Å²) in [4.78, 5) is 15.9. The zero-order valence-electron chi connectivity index (χ0n) is 12.8. The molecule has 0 atom stereocenters. The number of rotatable bonds is 6. The molecule has 0 saturated heterocycles. The first-order valence-corrected chi connectivity index (χ1v) is 8.96. The number of aromatic nitrogens is 2. The maximum Gasteiger partial charge on any atom is 0.244 e. The van der Waals surface area contributed by atoms with Crippen molar-refractivity contribution in [1.82, 2.24) is 14.4 Å². The average Bonchev–Trinajstić information content (AvgIpc) is 2.90. The number of amides is 1. The van der Waals surface area contributed by atoms with E-state index >= 15 is 0 Å². The van der Waals surface area contributed by atoms with Crippen molar-refractivity contribution in [1.29, 1.82) is 0 Å². The number of anilines is 1. The molecule has 0 fully saturated rings. The van der Waals surface area contributed by atoms with Gasteiger partial charge in [0, 0.05) is 26.4 Å². The minimum atomic E-state index is -3.50. The predicted octanol–water partition coefficient (Wildman–Crippen LogP) is 1.36. The van der Waals surface area contributed by atoms with Gasteiger partial charge in [0.05, 0.1) is 10.8 Å². The molecular formula is C13H16N4O4S2. The minimum Gasteiger partial charge on any atom is -0.360 e. The summed E-state index contributed by atoms with van der Waals surface area (Å²) in [6, 6.07) is 4.64. The van der Waals surface area contributed by atoms with Crippen LogP contribution in [0.3, 0.4) is 0 Å². The van der Waals surface area contributed by atoms with Crippen LogP contribution in [-0.4, -0.2) is 48.6 Å². The quantitative estimate of drug-likeness (QED) is 0.779. The fourth-order valence-electron chi connectivity index (χ4n) is 1.56. The van der Waals surface area contributed by atoms with Crippen molar-refractivity contribution in [3.63, 3.8) is 0 Å². The van der Waals surface area contributed by atoms with Crippen LogP contribution in [0.5, 0.6) is 0 Å². The second-order valence-electron chi connectivity index (χ2n) is 4.78. The number of thioether (sulfide) groups is 1. The lowest BCUT2D eigenvalue weighted by Gasteiger charge is -2.10. The molecule has 0 bridgehead atoms. The Balaban J connectivity index is 1.92. The van der Waals surface area contributed by atoms with Crippen molar-refractivity contribution >= 4 is 33.5 Å². The van der Waals surface area contributed by atoms with Gasteiger partial charge in [-0.2, -0.15) is 0 Å². The molecule has 0 aliphatic heterocycles. The fourth-order valence-corrected chi connectivity index (χ4v) is 3.05. The second kappa shape index (κ2) is 7.11. The van der Waals surface area contributed by atoms with Gasteiger partial charge in [0.15, 0.2) is 5.82 Å². The van der Waals surface area contributed by atoms with Gasteiger partial charge in [0.2, 0.25) is 15.9 Å². The Kier molecular flexibility index (Phi) is 5.39. The largest absolute Gasteiger partial charge is 0.360 e. The lowest BCUT2D eigenvalue weighted by Crippen LogP contribution is -2.22. The van der Waals surface area contributed by atoms with E-state index in [2.05, 4.69) is 15.5 Å². The van der Waals surface area contributed by atoms with E-state index in [4.69, 9.17) is 4.52 Å². The van der Waals surface area contributed by atoms with Gasteiger partial charge in [-0.15, -0.1) is 0 Å². The van der Waals surface area contributed by atoms with Gasteiger partial charge >= 0.3 is 0 Å². The number of hydrogen-bond donors (Lipinski definition) is 1. The van der Waals surface area contributed by atoms with Crippen LogP contribution in [0.15, 0.2) is 38.8 Å². The van der Waals surface area contributed by atoms with Crippen LogP contribution in [0.1, 0.15) is 5.76 Å². The molecular weight excluding hydrogens is 340 g/mol. The summed E-state index contributed by atoms with van der Waals surface area (Å²) in [5, 5.41) is 6.80. The number of carbonyl (C=O) groups is 1. The summed E-state index contributed by atoms with van der Waals surface area (Å²) in [5.41, 5.74) is 0. The highest BCUT2D eigenvalue weighted by Gasteiger charge is 2.17. The number of pyridine rings is 1. The van der Waals surface area contributed by atoms with E-state index in [0.29, 0.717) is 16.6 Å². The first kappa shape index (κ1) is 17.4. The Hall–Kier alpha value is -1.91. The number of nitrogens with one attached hydrogen (secondary N) is 1. The van der Waals surface area contributed by atoms with E-state index in [1.54, 1.807) is 19.1 Å². The van der Waals surface area contributed by atoms with Crippen molar-refractivity contribution < 1.29 is 17.7 Å². The molecule has 23 heavy (non-hydrogen) atoms. The summed E-state index contributed by atoms with van der Waals surface area (Å²) in [6.45, 7) is 1.73. The van der Waals surface area contributed by atoms with Crippen LogP contribution in [0, 0.1) is 6.92 Å². The Labute approximate surface area is 138 Å². The lowest BCUT2D eigenvalue weighted by atomic mass is 10.5. The number of sulfonamides is 1. The summed E-state index contributed by atoms with van der Waals surface area (Å²) in [7, 11) is -0.595. The molecule has 1 amide bonds. The van der Waals surface area contributed by atoms with Crippen LogP contribution in [0.4, 0.5) is 5.82 Å². The van der Waals surface area contributed by atoms with E-state index in [1.165, 1.54) is 38.1 Å². The van der Waals surface area contributed by atoms with Crippen molar-refractivity contribution in [3.8, 4) is 0 Å². The molecule has 2 aromatic rings. The highest BCUT2D eigenvalue weighted by atomic mass is 32.2.